The highest BCUT2D eigenvalue weighted by atomic mass is 79.9. The maximum Gasteiger partial charge on any atom is 0.0233 e. The van der Waals surface area contributed by atoms with Gasteiger partial charge < -0.3 is 5.32 Å². The van der Waals surface area contributed by atoms with Gasteiger partial charge in [-0.3, -0.25) is 4.90 Å². The maximum atomic E-state index is 3.48. The van der Waals surface area contributed by atoms with Crippen LogP contribution in [-0.4, -0.2) is 31.6 Å². The Morgan fingerprint density at radius 3 is 2.42 bits per heavy atom. The number of likely N-dealkylation sites (tertiary alicyclic amines) is 1. The lowest BCUT2D eigenvalue weighted by Gasteiger charge is -2.32. The van der Waals surface area contributed by atoms with Crippen LogP contribution in [0.15, 0.2) is 28.7 Å². The van der Waals surface area contributed by atoms with Crippen LogP contribution in [0.5, 0.6) is 0 Å². The lowest BCUT2D eigenvalue weighted by atomic mass is 9.93. The molecule has 0 aromatic heterocycles. The first-order valence-electron chi connectivity index (χ1n) is 6.89. The fraction of sp³-hybridized carbons (Fsp3) is 0.600. The lowest BCUT2D eigenvalue weighted by molar-refractivity contribution is 0.172. The minimum atomic E-state index is 0. The van der Waals surface area contributed by atoms with Gasteiger partial charge in [0.25, 0.3) is 0 Å². The van der Waals surface area contributed by atoms with Crippen LogP contribution in [-0.2, 0) is 6.54 Å². The number of benzene rings is 1. The Balaban J connectivity index is 0.00000180. The van der Waals surface area contributed by atoms with Crippen LogP contribution >= 0.6 is 28.3 Å². The van der Waals surface area contributed by atoms with Gasteiger partial charge in [-0.25, -0.2) is 0 Å². The van der Waals surface area contributed by atoms with Gasteiger partial charge in [-0.2, -0.15) is 0 Å². The molecule has 1 heterocycles. The molecule has 0 bridgehead atoms. The molecule has 1 saturated heterocycles. The van der Waals surface area contributed by atoms with Crippen LogP contribution in [0, 0.1) is 5.92 Å². The van der Waals surface area contributed by atoms with Crippen molar-refractivity contribution in [3.63, 3.8) is 0 Å². The van der Waals surface area contributed by atoms with Gasteiger partial charge in [0.1, 0.15) is 0 Å². The minimum Gasteiger partial charge on any atom is -0.320 e. The Labute approximate surface area is 131 Å². The first kappa shape index (κ1) is 17.0. The summed E-state index contributed by atoms with van der Waals surface area (Å²) in [5, 5.41) is 3.25. The highest BCUT2D eigenvalue weighted by Crippen LogP contribution is 2.21. The smallest absolute Gasteiger partial charge is 0.0233 e. The lowest BCUT2D eigenvalue weighted by Crippen LogP contribution is -2.34. The van der Waals surface area contributed by atoms with Crippen LogP contribution in [0.1, 0.15) is 24.8 Å². The fourth-order valence-corrected chi connectivity index (χ4v) is 2.89. The van der Waals surface area contributed by atoms with Gasteiger partial charge in [-0.1, -0.05) is 28.1 Å². The number of hydrogen-bond donors (Lipinski definition) is 1. The van der Waals surface area contributed by atoms with E-state index < -0.39 is 0 Å². The summed E-state index contributed by atoms with van der Waals surface area (Å²) >= 11 is 3.48. The van der Waals surface area contributed by atoms with E-state index in [1.54, 1.807) is 0 Å². The fourth-order valence-electron chi connectivity index (χ4n) is 2.63. The predicted octanol–water partition coefficient (Wildman–Crippen LogP) is 3.69. The summed E-state index contributed by atoms with van der Waals surface area (Å²) in [6.07, 6.45) is 4.05. The van der Waals surface area contributed by atoms with E-state index in [0.29, 0.717) is 0 Å². The molecule has 0 atom stereocenters. The van der Waals surface area contributed by atoms with Gasteiger partial charge in [0.05, 0.1) is 0 Å². The van der Waals surface area contributed by atoms with Crippen LogP contribution in [0.2, 0.25) is 0 Å². The van der Waals surface area contributed by atoms with Gasteiger partial charge in [-0.15, -0.1) is 12.4 Å². The molecule has 0 unspecified atom stereocenters. The standard InChI is InChI=1S/C15H23BrN2.ClH/c1-17-9-6-13-7-10-18(11-8-13)12-14-2-4-15(16)5-3-14;/h2-5,13,17H,6-12H2,1H3;1H. The van der Waals surface area contributed by atoms with Gasteiger partial charge in [0.15, 0.2) is 0 Å². The zero-order valence-electron chi connectivity index (χ0n) is 11.6. The van der Waals surface area contributed by atoms with E-state index in [4.69, 9.17) is 0 Å². The molecule has 108 valence electrons. The molecule has 1 N–H and O–H groups in total. The van der Waals surface area contributed by atoms with Crippen molar-refractivity contribution < 1.29 is 0 Å². The number of rotatable bonds is 5. The molecule has 1 aliphatic rings. The van der Waals surface area contributed by atoms with E-state index in [9.17, 15) is 0 Å². The van der Waals surface area contributed by atoms with Crippen molar-refractivity contribution in [3.05, 3.63) is 34.3 Å². The average molecular weight is 348 g/mol. The van der Waals surface area contributed by atoms with E-state index in [0.717, 1.165) is 23.5 Å². The largest absolute Gasteiger partial charge is 0.320 e. The van der Waals surface area contributed by atoms with E-state index in [1.807, 2.05) is 7.05 Å². The third kappa shape index (κ3) is 5.82. The third-order valence-corrected chi connectivity index (χ3v) is 4.36. The summed E-state index contributed by atoms with van der Waals surface area (Å²) in [4.78, 5) is 2.58. The average Bonchev–Trinajstić information content (AvgIpc) is 2.41. The summed E-state index contributed by atoms with van der Waals surface area (Å²) < 4.78 is 1.16. The zero-order chi connectivity index (χ0) is 12.8. The van der Waals surface area contributed by atoms with Crippen molar-refractivity contribution in [2.75, 3.05) is 26.7 Å². The third-order valence-electron chi connectivity index (χ3n) is 3.83. The van der Waals surface area contributed by atoms with Crippen molar-refractivity contribution in [1.82, 2.24) is 10.2 Å². The summed E-state index contributed by atoms with van der Waals surface area (Å²) in [7, 11) is 2.04. The molecule has 0 spiro atoms. The number of piperidine rings is 1. The van der Waals surface area contributed by atoms with Crippen LogP contribution in [0.25, 0.3) is 0 Å². The number of nitrogens with one attached hydrogen (secondary N) is 1. The highest BCUT2D eigenvalue weighted by molar-refractivity contribution is 9.10. The molecule has 1 fully saturated rings. The van der Waals surface area contributed by atoms with Gasteiger partial charge in [0.2, 0.25) is 0 Å². The summed E-state index contributed by atoms with van der Waals surface area (Å²) in [5.41, 5.74) is 1.42. The molecular weight excluding hydrogens is 324 g/mol. The Morgan fingerprint density at radius 1 is 1.21 bits per heavy atom. The summed E-state index contributed by atoms with van der Waals surface area (Å²) in [5.74, 6) is 0.929. The maximum absolute atomic E-state index is 3.48. The molecule has 2 rings (SSSR count). The van der Waals surface area contributed by atoms with Crippen LogP contribution in [0.4, 0.5) is 0 Å². The second-order valence-electron chi connectivity index (χ2n) is 5.24. The molecule has 1 aromatic carbocycles. The molecule has 19 heavy (non-hydrogen) atoms. The molecule has 0 amide bonds. The molecule has 2 nitrogen and oxygen atoms in total. The van der Waals surface area contributed by atoms with Crippen molar-refractivity contribution in [2.45, 2.75) is 25.8 Å². The minimum absolute atomic E-state index is 0. The SMILES string of the molecule is CNCCC1CCN(Cc2ccc(Br)cc2)CC1.Cl. The van der Waals surface area contributed by atoms with E-state index in [-0.39, 0.29) is 12.4 Å². The zero-order valence-corrected chi connectivity index (χ0v) is 14.0. The van der Waals surface area contributed by atoms with E-state index >= 15 is 0 Å². The van der Waals surface area contributed by atoms with Crippen molar-refractivity contribution in [1.29, 1.82) is 0 Å². The molecule has 0 aliphatic carbocycles. The van der Waals surface area contributed by atoms with Gasteiger partial charge >= 0.3 is 0 Å². The van der Waals surface area contributed by atoms with Crippen LogP contribution < -0.4 is 5.32 Å². The molecular formula is C15H24BrClN2. The molecule has 0 radical (unpaired) electrons. The molecule has 1 aliphatic heterocycles. The number of halogens is 2. The second-order valence-corrected chi connectivity index (χ2v) is 6.15. The van der Waals surface area contributed by atoms with Crippen molar-refractivity contribution in [3.8, 4) is 0 Å². The quantitative estimate of drug-likeness (QED) is 0.874. The van der Waals surface area contributed by atoms with Crippen molar-refractivity contribution >= 4 is 28.3 Å². The second kappa shape index (κ2) is 8.96. The Morgan fingerprint density at radius 2 is 1.84 bits per heavy atom. The Bertz CT molecular complexity index is 348. The monoisotopic (exact) mass is 346 g/mol. The molecule has 0 saturated carbocycles. The summed E-state index contributed by atoms with van der Waals surface area (Å²) in [6.45, 7) is 4.78. The summed E-state index contributed by atoms with van der Waals surface area (Å²) in [6, 6.07) is 8.71. The number of hydrogen-bond acceptors (Lipinski definition) is 2. The van der Waals surface area contributed by atoms with Crippen molar-refractivity contribution in [2.24, 2.45) is 5.92 Å². The van der Waals surface area contributed by atoms with Gasteiger partial charge in [0, 0.05) is 11.0 Å². The Hall–Kier alpha value is -0.0900. The van der Waals surface area contributed by atoms with Crippen LogP contribution in [0.3, 0.4) is 0 Å². The van der Waals surface area contributed by atoms with Gasteiger partial charge in [-0.05, 0) is 69.6 Å². The van der Waals surface area contributed by atoms with E-state index in [1.165, 1.54) is 37.9 Å². The topological polar surface area (TPSA) is 15.3 Å². The Kier molecular flexibility index (Phi) is 8.00. The predicted molar refractivity (Wildman–Crippen MR) is 87.9 cm³/mol. The first-order chi connectivity index (χ1) is 8.78. The van der Waals surface area contributed by atoms with E-state index in [2.05, 4.69) is 50.4 Å². The molecule has 4 heteroatoms. The highest BCUT2D eigenvalue weighted by Gasteiger charge is 2.18. The first-order valence-corrected chi connectivity index (χ1v) is 7.68. The number of nitrogens with zero attached hydrogens (tertiary/aromatic N) is 1. The normalized spacial score (nSPS) is 17.2. The molecule has 1 aromatic rings.